The molecule has 0 N–H and O–H groups in total. The second-order valence-corrected chi connectivity index (χ2v) is 6.31. The van der Waals surface area contributed by atoms with E-state index in [0.29, 0.717) is 11.1 Å². The minimum Gasteiger partial charge on any atom is -0.369 e. The van der Waals surface area contributed by atoms with Gasteiger partial charge in [0, 0.05) is 38.1 Å². The molecule has 0 unspecified atom stereocenters. The summed E-state index contributed by atoms with van der Waals surface area (Å²) in [4.78, 5) is 21.4. The van der Waals surface area contributed by atoms with Gasteiger partial charge in [-0.25, -0.2) is 4.98 Å². The number of piperazine rings is 1. The number of anilines is 1. The maximum atomic E-state index is 12.6. The van der Waals surface area contributed by atoms with Crippen molar-refractivity contribution in [1.29, 1.82) is 0 Å². The molecule has 6 nitrogen and oxygen atoms in total. The summed E-state index contributed by atoms with van der Waals surface area (Å²) in [5.41, 5.74) is 2.98. The Morgan fingerprint density at radius 3 is 2.19 bits per heavy atom. The quantitative estimate of drug-likeness (QED) is 0.708. The summed E-state index contributed by atoms with van der Waals surface area (Å²) in [6, 6.07) is 9.75. The molecule has 4 rings (SSSR count). The molecule has 0 radical (unpaired) electrons. The van der Waals surface area contributed by atoms with Gasteiger partial charge in [-0.05, 0) is 49.9 Å². The van der Waals surface area contributed by atoms with Gasteiger partial charge in [-0.3, -0.25) is 4.79 Å². The van der Waals surface area contributed by atoms with Crippen LogP contribution in [0.15, 0.2) is 45.8 Å². The number of likely N-dealkylation sites (N-methyl/N-ethyl adjacent to an activating group) is 1. The molecule has 1 aliphatic rings. The standard InChI is InChI=1S/C18H20N4O2.C2H6/c1-13-7-8-19-17-16(13)18(23)22(24-17)15-5-3-14(4-6-15)21-11-9-20(2)10-12-21;1-2/h3-8H,9-12H2,1-2H3;1-2H3. The summed E-state index contributed by atoms with van der Waals surface area (Å²) in [7, 11) is 2.14. The van der Waals surface area contributed by atoms with Crippen LogP contribution in [0, 0.1) is 6.92 Å². The number of fused-ring (bicyclic) bond motifs is 1. The summed E-state index contributed by atoms with van der Waals surface area (Å²) in [6.07, 6.45) is 1.65. The van der Waals surface area contributed by atoms with Crippen LogP contribution in [0.4, 0.5) is 5.69 Å². The van der Waals surface area contributed by atoms with Crippen LogP contribution in [0.1, 0.15) is 19.4 Å². The first kappa shape index (κ1) is 18.2. The number of hydrogen-bond donors (Lipinski definition) is 0. The fourth-order valence-electron chi connectivity index (χ4n) is 3.13. The average Bonchev–Trinajstić information content (AvgIpc) is 3.02. The Balaban J connectivity index is 0.000000948. The minimum atomic E-state index is -0.164. The highest BCUT2D eigenvalue weighted by Crippen LogP contribution is 2.20. The van der Waals surface area contributed by atoms with Crippen molar-refractivity contribution in [3.63, 3.8) is 0 Å². The van der Waals surface area contributed by atoms with E-state index in [4.69, 9.17) is 4.52 Å². The normalized spacial score (nSPS) is 15.0. The van der Waals surface area contributed by atoms with Crippen LogP contribution < -0.4 is 10.5 Å². The van der Waals surface area contributed by atoms with Gasteiger partial charge in [0.25, 0.3) is 11.3 Å². The second-order valence-electron chi connectivity index (χ2n) is 6.31. The SMILES string of the molecule is CC.Cc1ccnc2on(-c3ccc(N4CCN(C)CC4)cc3)c(=O)c12. The van der Waals surface area contributed by atoms with Crippen molar-refractivity contribution in [2.24, 2.45) is 0 Å². The Labute approximate surface area is 153 Å². The zero-order valence-electron chi connectivity index (χ0n) is 15.9. The first-order valence-electron chi connectivity index (χ1n) is 9.15. The van der Waals surface area contributed by atoms with Gasteiger partial charge in [0.15, 0.2) is 0 Å². The highest BCUT2D eigenvalue weighted by molar-refractivity contribution is 5.76. The molecule has 0 aliphatic carbocycles. The van der Waals surface area contributed by atoms with Crippen LogP contribution >= 0.6 is 0 Å². The molecule has 0 bridgehead atoms. The maximum absolute atomic E-state index is 12.6. The van der Waals surface area contributed by atoms with Gasteiger partial charge in [0.1, 0.15) is 5.39 Å². The van der Waals surface area contributed by atoms with Crippen molar-refractivity contribution >= 4 is 16.8 Å². The van der Waals surface area contributed by atoms with E-state index < -0.39 is 0 Å². The first-order chi connectivity index (χ1) is 12.6. The average molecular weight is 354 g/mol. The molecule has 3 heterocycles. The predicted molar refractivity (Wildman–Crippen MR) is 105 cm³/mol. The number of aryl methyl sites for hydroxylation is 1. The zero-order chi connectivity index (χ0) is 18.7. The molecule has 1 fully saturated rings. The van der Waals surface area contributed by atoms with E-state index in [1.807, 2.05) is 51.1 Å². The van der Waals surface area contributed by atoms with Crippen LogP contribution in [-0.2, 0) is 0 Å². The van der Waals surface area contributed by atoms with Crippen LogP contribution in [0.2, 0.25) is 0 Å². The van der Waals surface area contributed by atoms with Crippen LogP contribution in [-0.4, -0.2) is 47.9 Å². The number of benzene rings is 1. The van der Waals surface area contributed by atoms with Gasteiger partial charge in [0.2, 0.25) is 0 Å². The number of aromatic nitrogens is 2. The first-order valence-corrected chi connectivity index (χ1v) is 9.15. The summed E-state index contributed by atoms with van der Waals surface area (Å²) in [6.45, 7) is 10.1. The lowest BCUT2D eigenvalue weighted by atomic mass is 10.2. The molecule has 1 saturated heterocycles. The van der Waals surface area contributed by atoms with Gasteiger partial charge in [-0.2, -0.15) is 0 Å². The molecule has 0 amide bonds. The van der Waals surface area contributed by atoms with Crippen molar-refractivity contribution in [3.8, 4) is 5.69 Å². The minimum absolute atomic E-state index is 0.164. The number of pyridine rings is 1. The molecular formula is C20H26N4O2. The Morgan fingerprint density at radius 1 is 0.962 bits per heavy atom. The van der Waals surface area contributed by atoms with Crippen LogP contribution in [0.3, 0.4) is 0 Å². The molecule has 138 valence electrons. The highest BCUT2D eigenvalue weighted by atomic mass is 16.5. The van der Waals surface area contributed by atoms with Crippen molar-refractivity contribution in [1.82, 2.24) is 14.6 Å². The third-order valence-electron chi connectivity index (χ3n) is 4.65. The molecule has 0 spiro atoms. The van der Waals surface area contributed by atoms with Gasteiger partial charge in [0.05, 0.1) is 5.69 Å². The fourth-order valence-corrected chi connectivity index (χ4v) is 3.13. The smallest absolute Gasteiger partial charge is 0.297 e. The highest BCUT2D eigenvalue weighted by Gasteiger charge is 2.16. The molecule has 2 aromatic heterocycles. The topological polar surface area (TPSA) is 54.5 Å². The lowest BCUT2D eigenvalue weighted by molar-refractivity contribution is 0.313. The molecule has 1 aliphatic heterocycles. The van der Waals surface area contributed by atoms with E-state index in [1.165, 1.54) is 10.4 Å². The van der Waals surface area contributed by atoms with Crippen molar-refractivity contribution in [3.05, 3.63) is 52.4 Å². The zero-order valence-corrected chi connectivity index (χ0v) is 15.9. The largest absolute Gasteiger partial charge is 0.369 e. The molecular weight excluding hydrogens is 328 g/mol. The third kappa shape index (κ3) is 3.37. The van der Waals surface area contributed by atoms with E-state index in [-0.39, 0.29) is 5.56 Å². The van der Waals surface area contributed by atoms with E-state index >= 15 is 0 Å². The van der Waals surface area contributed by atoms with Crippen molar-refractivity contribution in [2.75, 3.05) is 38.1 Å². The molecule has 0 saturated carbocycles. The second kappa shape index (κ2) is 7.74. The third-order valence-corrected chi connectivity index (χ3v) is 4.65. The van der Waals surface area contributed by atoms with Crippen molar-refractivity contribution in [2.45, 2.75) is 20.8 Å². The van der Waals surface area contributed by atoms with Gasteiger partial charge >= 0.3 is 0 Å². The Kier molecular flexibility index (Phi) is 5.42. The monoisotopic (exact) mass is 354 g/mol. The molecule has 0 atom stereocenters. The Hall–Kier alpha value is -2.60. The summed E-state index contributed by atoms with van der Waals surface area (Å²) in [5, 5.41) is 0.542. The Morgan fingerprint density at radius 2 is 1.58 bits per heavy atom. The van der Waals surface area contributed by atoms with E-state index in [0.717, 1.165) is 37.4 Å². The van der Waals surface area contributed by atoms with E-state index in [9.17, 15) is 4.79 Å². The van der Waals surface area contributed by atoms with Crippen LogP contribution in [0.25, 0.3) is 16.8 Å². The summed E-state index contributed by atoms with van der Waals surface area (Å²) < 4.78 is 6.96. The van der Waals surface area contributed by atoms with E-state index in [2.05, 4.69) is 21.8 Å². The molecule has 6 heteroatoms. The van der Waals surface area contributed by atoms with Gasteiger partial charge in [-0.15, -0.1) is 4.74 Å². The lowest BCUT2D eigenvalue weighted by Crippen LogP contribution is -2.44. The summed E-state index contributed by atoms with van der Waals surface area (Å²) in [5.74, 6) is 0. The Bertz CT molecular complexity index is 919. The van der Waals surface area contributed by atoms with Gasteiger partial charge < -0.3 is 14.3 Å². The summed E-state index contributed by atoms with van der Waals surface area (Å²) >= 11 is 0. The van der Waals surface area contributed by atoms with Gasteiger partial charge in [-0.1, -0.05) is 13.8 Å². The fraction of sp³-hybridized carbons (Fsp3) is 0.400. The number of rotatable bonds is 2. The predicted octanol–water partition coefficient (Wildman–Crippen LogP) is 3.07. The lowest BCUT2D eigenvalue weighted by Gasteiger charge is -2.34. The maximum Gasteiger partial charge on any atom is 0.297 e. The van der Waals surface area contributed by atoms with E-state index in [1.54, 1.807) is 6.20 Å². The van der Waals surface area contributed by atoms with Crippen LogP contribution in [0.5, 0.6) is 0 Å². The van der Waals surface area contributed by atoms with Crippen molar-refractivity contribution < 1.29 is 4.52 Å². The number of hydrogen-bond acceptors (Lipinski definition) is 5. The number of nitrogens with zero attached hydrogens (tertiary/aromatic N) is 4. The molecule has 1 aromatic carbocycles. The molecule has 26 heavy (non-hydrogen) atoms. The molecule has 3 aromatic rings.